The lowest BCUT2D eigenvalue weighted by Gasteiger charge is -2.10. The first-order valence-electron chi connectivity index (χ1n) is 8.71. The predicted octanol–water partition coefficient (Wildman–Crippen LogP) is 1.20. The molecule has 0 saturated heterocycles. The van der Waals surface area contributed by atoms with E-state index in [1.54, 1.807) is 25.1 Å². The van der Waals surface area contributed by atoms with Gasteiger partial charge in [-0.1, -0.05) is 6.07 Å². The number of carbonyl (C=O) groups excluding carboxylic acids is 1. The van der Waals surface area contributed by atoms with E-state index >= 15 is 0 Å². The van der Waals surface area contributed by atoms with Crippen LogP contribution in [0.3, 0.4) is 0 Å². The second-order valence-electron chi connectivity index (χ2n) is 6.29. The van der Waals surface area contributed by atoms with Crippen molar-refractivity contribution in [3.63, 3.8) is 0 Å². The minimum absolute atomic E-state index is 0.0810. The molecule has 2 aromatic heterocycles. The Labute approximate surface area is 167 Å². The lowest BCUT2D eigenvalue weighted by molar-refractivity contribution is 0.102. The van der Waals surface area contributed by atoms with Gasteiger partial charge >= 0.3 is 0 Å². The predicted molar refractivity (Wildman–Crippen MR) is 104 cm³/mol. The van der Waals surface area contributed by atoms with Gasteiger partial charge in [-0.05, 0) is 53.7 Å². The molecule has 11 heteroatoms. The molecule has 1 amide bonds. The SMILES string of the molecule is Cc1nnnn1-c1cc(NC(=O)c2cccc(-n3[nH]c(=O)ccc3=O)c2)ccc1F. The monoisotopic (exact) mass is 407 g/mol. The van der Waals surface area contributed by atoms with Gasteiger partial charge < -0.3 is 5.32 Å². The molecule has 4 rings (SSSR count). The maximum Gasteiger partial charge on any atom is 0.269 e. The number of tetrazole rings is 1. The molecule has 0 aliphatic heterocycles. The molecule has 0 aliphatic carbocycles. The summed E-state index contributed by atoms with van der Waals surface area (Å²) >= 11 is 0. The van der Waals surface area contributed by atoms with Crippen LogP contribution in [-0.4, -0.2) is 35.9 Å². The van der Waals surface area contributed by atoms with Crippen molar-refractivity contribution in [2.75, 3.05) is 5.32 Å². The first-order chi connectivity index (χ1) is 14.4. The van der Waals surface area contributed by atoms with Gasteiger partial charge in [0.2, 0.25) is 0 Å². The molecular formula is C19H14FN7O3. The number of carbonyl (C=O) groups is 1. The molecule has 0 atom stereocenters. The van der Waals surface area contributed by atoms with Crippen LogP contribution < -0.4 is 16.4 Å². The molecule has 0 radical (unpaired) electrons. The van der Waals surface area contributed by atoms with Crippen molar-refractivity contribution >= 4 is 11.6 Å². The average molecular weight is 407 g/mol. The molecule has 0 aliphatic rings. The van der Waals surface area contributed by atoms with Crippen molar-refractivity contribution in [2.24, 2.45) is 0 Å². The van der Waals surface area contributed by atoms with E-state index < -0.39 is 22.8 Å². The summed E-state index contributed by atoms with van der Waals surface area (Å²) in [6, 6.07) is 12.4. The molecular weight excluding hydrogens is 393 g/mol. The fourth-order valence-corrected chi connectivity index (χ4v) is 2.81. The molecule has 0 unspecified atom stereocenters. The highest BCUT2D eigenvalue weighted by molar-refractivity contribution is 6.04. The minimum atomic E-state index is -0.558. The summed E-state index contributed by atoms with van der Waals surface area (Å²) in [5.41, 5.74) is 0.0378. The molecule has 150 valence electrons. The average Bonchev–Trinajstić information content (AvgIpc) is 3.17. The molecule has 0 saturated carbocycles. The van der Waals surface area contributed by atoms with Crippen molar-refractivity contribution < 1.29 is 9.18 Å². The summed E-state index contributed by atoms with van der Waals surface area (Å²) in [5, 5.41) is 16.0. The number of rotatable bonds is 4. The number of benzene rings is 2. The van der Waals surface area contributed by atoms with Gasteiger partial charge in [0.15, 0.2) is 5.82 Å². The quantitative estimate of drug-likeness (QED) is 0.523. The molecule has 0 spiro atoms. The normalized spacial score (nSPS) is 10.7. The third-order valence-corrected chi connectivity index (χ3v) is 4.24. The Balaban J connectivity index is 1.64. The lowest BCUT2D eigenvalue weighted by Crippen LogP contribution is -2.26. The van der Waals surface area contributed by atoms with Crippen LogP contribution in [-0.2, 0) is 0 Å². The number of amides is 1. The molecule has 10 nitrogen and oxygen atoms in total. The summed E-state index contributed by atoms with van der Waals surface area (Å²) < 4.78 is 16.4. The number of nitrogens with one attached hydrogen (secondary N) is 2. The van der Waals surface area contributed by atoms with E-state index in [9.17, 15) is 18.8 Å². The number of hydrogen-bond acceptors (Lipinski definition) is 6. The summed E-state index contributed by atoms with van der Waals surface area (Å²) in [4.78, 5) is 36.2. The van der Waals surface area contributed by atoms with Crippen molar-refractivity contribution in [3.05, 3.63) is 92.5 Å². The van der Waals surface area contributed by atoms with Crippen LogP contribution in [0, 0.1) is 12.7 Å². The van der Waals surface area contributed by atoms with E-state index in [2.05, 4.69) is 25.9 Å². The van der Waals surface area contributed by atoms with E-state index in [0.717, 1.165) is 16.8 Å². The minimum Gasteiger partial charge on any atom is -0.322 e. The van der Waals surface area contributed by atoms with Crippen LogP contribution >= 0.6 is 0 Å². The van der Waals surface area contributed by atoms with Crippen LogP contribution in [0.2, 0.25) is 0 Å². The van der Waals surface area contributed by atoms with Gasteiger partial charge in [-0.25, -0.2) is 9.07 Å². The first-order valence-corrected chi connectivity index (χ1v) is 8.71. The van der Waals surface area contributed by atoms with Gasteiger partial charge in [0.25, 0.3) is 17.0 Å². The van der Waals surface area contributed by atoms with E-state index in [0.29, 0.717) is 17.2 Å². The Hall–Kier alpha value is -4.41. The zero-order chi connectivity index (χ0) is 21.3. The fourth-order valence-electron chi connectivity index (χ4n) is 2.81. The maximum absolute atomic E-state index is 14.2. The molecule has 30 heavy (non-hydrogen) atoms. The first kappa shape index (κ1) is 18.9. The number of anilines is 1. The molecule has 2 N–H and O–H groups in total. The third-order valence-electron chi connectivity index (χ3n) is 4.24. The highest BCUT2D eigenvalue weighted by Crippen LogP contribution is 2.20. The zero-order valence-electron chi connectivity index (χ0n) is 15.5. The van der Waals surface area contributed by atoms with Gasteiger partial charge in [-0.15, -0.1) is 5.10 Å². The lowest BCUT2D eigenvalue weighted by atomic mass is 10.1. The summed E-state index contributed by atoms with van der Waals surface area (Å²) in [5.74, 6) is -0.667. The van der Waals surface area contributed by atoms with E-state index in [1.165, 1.54) is 28.9 Å². The Morgan fingerprint density at radius 1 is 1.10 bits per heavy atom. The number of aryl methyl sites for hydroxylation is 1. The Morgan fingerprint density at radius 3 is 2.70 bits per heavy atom. The highest BCUT2D eigenvalue weighted by Gasteiger charge is 2.13. The maximum atomic E-state index is 14.2. The standard InChI is InChI=1S/C19H14FN7O3/c1-11-22-24-25-26(11)16-10-13(5-6-15(16)20)21-19(30)12-3-2-4-14(9-12)27-18(29)8-7-17(28)23-27/h2-10H,1H3,(H,21,30)(H,23,28). The second kappa shape index (κ2) is 7.54. The van der Waals surface area contributed by atoms with Crippen LogP contribution in [0.4, 0.5) is 10.1 Å². The van der Waals surface area contributed by atoms with Crippen molar-refractivity contribution in [3.8, 4) is 11.4 Å². The molecule has 0 bridgehead atoms. The van der Waals surface area contributed by atoms with Gasteiger partial charge in [0.05, 0.1) is 5.69 Å². The van der Waals surface area contributed by atoms with Crippen molar-refractivity contribution in [2.45, 2.75) is 6.92 Å². The Kier molecular flexibility index (Phi) is 4.76. The Morgan fingerprint density at radius 2 is 1.93 bits per heavy atom. The summed E-state index contributed by atoms with van der Waals surface area (Å²) in [6.45, 7) is 1.62. The van der Waals surface area contributed by atoms with Crippen LogP contribution in [0.15, 0.2) is 64.2 Å². The molecule has 2 heterocycles. The van der Waals surface area contributed by atoms with Crippen molar-refractivity contribution in [1.29, 1.82) is 0 Å². The number of aromatic nitrogens is 6. The van der Waals surface area contributed by atoms with Gasteiger partial charge in [-0.2, -0.15) is 4.68 Å². The zero-order valence-corrected chi connectivity index (χ0v) is 15.5. The van der Waals surface area contributed by atoms with Crippen LogP contribution in [0.1, 0.15) is 16.2 Å². The van der Waals surface area contributed by atoms with Gasteiger partial charge in [0.1, 0.15) is 11.5 Å². The van der Waals surface area contributed by atoms with Gasteiger partial charge in [-0.3, -0.25) is 19.5 Å². The smallest absolute Gasteiger partial charge is 0.269 e. The molecule has 4 aromatic rings. The molecule has 0 fully saturated rings. The summed E-state index contributed by atoms with van der Waals surface area (Å²) in [6.07, 6.45) is 0. The van der Waals surface area contributed by atoms with Crippen LogP contribution in [0.25, 0.3) is 11.4 Å². The second-order valence-corrected chi connectivity index (χ2v) is 6.29. The number of nitrogens with zero attached hydrogens (tertiary/aromatic N) is 5. The number of halogens is 1. The third kappa shape index (κ3) is 3.63. The molecule has 2 aromatic carbocycles. The van der Waals surface area contributed by atoms with Gasteiger partial charge in [0, 0.05) is 23.4 Å². The fraction of sp³-hybridized carbons (Fsp3) is 0.0526. The van der Waals surface area contributed by atoms with E-state index in [-0.39, 0.29) is 11.3 Å². The van der Waals surface area contributed by atoms with Crippen LogP contribution in [0.5, 0.6) is 0 Å². The Bertz CT molecular complexity index is 1370. The largest absolute Gasteiger partial charge is 0.322 e. The highest BCUT2D eigenvalue weighted by atomic mass is 19.1. The number of H-pyrrole nitrogens is 1. The topological polar surface area (TPSA) is 128 Å². The summed E-state index contributed by atoms with van der Waals surface area (Å²) in [7, 11) is 0. The van der Waals surface area contributed by atoms with E-state index in [1.807, 2.05) is 0 Å². The van der Waals surface area contributed by atoms with E-state index in [4.69, 9.17) is 0 Å². The van der Waals surface area contributed by atoms with Crippen molar-refractivity contribution in [1.82, 2.24) is 30.0 Å². The number of hydrogen-bond donors (Lipinski definition) is 2. The number of aromatic amines is 1.